The minimum atomic E-state index is -1.13. The second-order valence-electron chi connectivity index (χ2n) is 8.26. The molecule has 0 N–H and O–H groups in total. The van der Waals surface area contributed by atoms with Crippen molar-refractivity contribution >= 4 is 64.2 Å². The Hall–Kier alpha value is -2.78. The molecule has 0 aliphatic carbocycles. The van der Waals surface area contributed by atoms with Gasteiger partial charge in [-0.1, -0.05) is 40.2 Å². The van der Waals surface area contributed by atoms with E-state index in [-0.39, 0.29) is 16.7 Å². The highest BCUT2D eigenvalue weighted by Gasteiger charge is 2.52. The third-order valence-electron chi connectivity index (χ3n) is 5.39. The van der Waals surface area contributed by atoms with Crippen molar-refractivity contribution in [1.29, 1.82) is 0 Å². The van der Waals surface area contributed by atoms with E-state index in [2.05, 4.69) is 15.3 Å². The van der Waals surface area contributed by atoms with E-state index in [1.165, 1.54) is 48.9 Å². The van der Waals surface area contributed by atoms with E-state index >= 15 is 0 Å². The number of hydrogen-bond acceptors (Lipinski definition) is 12. The summed E-state index contributed by atoms with van der Waals surface area (Å²) in [6.07, 6.45) is -1.72. The van der Waals surface area contributed by atoms with Crippen molar-refractivity contribution in [3.05, 3.63) is 45.1 Å². The lowest BCUT2D eigenvalue weighted by Gasteiger charge is -2.44. The van der Waals surface area contributed by atoms with Gasteiger partial charge in [0, 0.05) is 31.0 Å². The number of nitrogens with zero attached hydrogens (tertiary/aromatic N) is 4. The Morgan fingerprint density at radius 1 is 1.08 bits per heavy atom. The SMILES string of the molecule is CC(=O)OCC1O[C@H](Sc2cc(Cl)c(F)c(Cl)c2)C(OC(C)=O)[C@@H](n2cc(-c3cscn3)nn2)[C@H]1OC(C)=O. The first-order chi connectivity index (χ1) is 18.5. The fourth-order valence-electron chi connectivity index (χ4n) is 3.89. The average molecular weight is 619 g/mol. The van der Waals surface area contributed by atoms with Gasteiger partial charge < -0.3 is 18.9 Å². The molecule has 208 valence electrons. The van der Waals surface area contributed by atoms with E-state index in [9.17, 15) is 18.8 Å². The molecule has 5 atom stereocenters. The first kappa shape index (κ1) is 29.2. The summed E-state index contributed by atoms with van der Waals surface area (Å²) in [5.74, 6) is -2.70. The van der Waals surface area contributed by atoms with Crippen molar-refractivity contribution in [2.45, 2.75) is 55.5 Å². The Morgan fingerprint density at radius 2 is 1.74 bits per heavy atom. The maximum absolute atomic E-state index is 14.1. The van der Waals surface area contributed by atoms with Gasteiger partial charge in [0.2, 0.25) is 0 Å². The Morgan fingerprint density at radius 3 is 2.33 bits per heavy atom. The largest absolute Gasteiger partial charge is 0.463 e. The standard InChI is InChI=1S/C23H21Cl2FN4O7S2/c1-10(31)34-7-18-21(35-11(2)32)20(30-6-16(28-29-30)17-8-38-9-27-17)22(36-12(3)33)23(37-18)39-13-4-14(24)19(26)15(25)5-13/h4-6,8-9,18,20-23H,7H2,1-3H3/t18?,20-,21-,22?,23+/m0/s1. The third kappa shape index (κ3) is 7.06. The molecule has 39 heavy (non-hydrogen) atoms. The Kier molecular flexibility index (Phi) is 9.43. The molecule has 1 saturated heterocycles. The molecule has 3 aromatic rings. The molecule has 2 unspecified atom stereocenters. The lowest BCUT2D eigenvalue weighted by Crippen LogP contribution is -2.57. The van der Waals surface area contributed by atoms with Crippen LogP contribution < -0.4 is 0 Å². The van der Waals surface area contributed by atoms with Gasteiger partial charge in [-0.2, -0.15) is 0 Å². The van der Waals surface area contributed by atoms with Crippen LogP contribution in [0.2, 0.25) is 10.0 Å². The van der Waals surface area contributed by atoms with Crippen LogP contribution in [0.5, 0.6) is 0 Å². The normalized spacial score (nSPS) is 22.8. The molecule has 1 fully saturated rings. The number of ether oxygens (including phenoxy) is 4. The van der Waals surface area contributed by atoms with Crippen molar-refractivity contribution in [2.75, 3.05) is 6.61 Å². The summed E-state index contributed by atoms with van der Waals surface area (Å²) < 4.78 is 38.1. The minimum absolute atomic E-state index is 0.222. The zero-order valence-electron chi connectivity index (χ0n) is 20.6. The lowest BCUT2D eigenvalue weighted by molar-refractivity contribution is -0.212. The number of halogens is 3. The second-order valence-corrected chi connectivity index (χ2v) is 11.0. The van der Waals surface area contributed by atoms with Crippen LogP contribution in [0.25, 0.3) is 11.4 Å². The molecule has 0 saturated carbocycles. The topological polar surface area (TPSA) is 132 Å². The summed E-state index contributed by atoms with van der Waals surface area (Å²) in [5, 5.41) is 9.70. The molecule has 1 aliphatic heterocycles. The lowest BCUT2D eigenvalue weighted by atomic mass is 9.96. The van der Waals surface area contributed by atoms with Crippen molar-refractivity contribution in [3.8, 4) is 11.4 Å². The zero-order valence-corrected chi connectivity index (χ0v) is 23.7. The van der Waals surface area contributed by atoms with Gasteiger partial charge in [-0.25, -0.2) is 14.1 Å². The van der Waals surface area contributed by atoms with Crippen LogP contribution in [-0.4, -0.2) is 68.2 Å². The first-order valence-corrected chi connectivity index (χ1v) is 13.9. The number of thioether (sulfide) groups is 1. The monoisotopic (exact) mass is 618 g/mol. The number of thiazole rings is 1. The van der Waals surface area contributed by atoms with Gasteiger partial charge in [0.25, 0.3) is 0 Å². The molecule has 2 aromatic heterocycles. The highest BCUT2D eigenvalue weighted by Crippen LogP contribution is 2.42. The number of carbonyl (C=O) groups is 3. The van der Waals surface area contributed by atoms with Gasteiger partial charge in [-0.3, -0.25) is 14.4 Å². The Balaban J connectivity index is 1.80. The van der Waals surface area contributed by atoms with E-state index in [0.717, 1.165) is 11.8 Å². The van der Waals surface area contributed by atoms with Crippen molar-refractivity contribution in [1.82, 2.24) is 20.0 Å². The molecule has 1 aliphatic rings. The minimum Gasteiger partial charge on any atom is -0.463 e. The van der Waals surface area contributed by atoms with Crippen LogP contribution in [0, 0.1) is 5.82 Å². The smallest absolute Gasteiger partial charge is 0.303 e. The predicted molar refractivity (Wildman–Crippen MR) is 139 cm³/mol. The molecular formula is C23H21Cl2FN4O7S2. The van der Waals surface area contributed by atoms with E-state index < -0.39 is 53.5 Å². The number of aromatic nitrogens is 4. The number of benzene rings is 1. The van der Waals surface area contributed by atoms with Crippen molar-refractivity contribution < 1.29 is 37.7 Å². The maximum atomic E-state index is 14.1. The van der Waals surface area contributed by atoms with Crippen LogP contribution in [0.15, 0.2) is 34.1 Å². The third-order valence-corrected chi connectivity index (χ3v) is 7.65. The van der Waals surface area contributed by atoms with Gasteiger partial charge >= 0.3 is 17.9 Å². The van der Waals surface area contributed by atoms with E-state index in [4.69, 9.17) is 42.1 Å². The highest BCUT2D eigenvalue weighted by molar-refractivity contribution is 7.99. The second kappa shape index (κ2) is 12.6. The van der Waals surface area contributed by atoms with E-state index in [1.807, 2.05) is 0 Å². The van der Waals surface area contributed by atoms with Crippen LogP contribution in [0.1, 0.15) is 26.8 Å². The summed E-state index contributed by atoms with van der Waals surface area (Å²) in [6.45, 7) is 3.33. The Bertz CT molecular complexity index is 1340. The number of rotatable bonds is 8. The molecule has 11 nitrogen and oxygen atoms in total. The number of hydrogen-bond donors (Lipinski definition) is 0. The van der Waals surface area contributed by atoms with Crippen molar-refractivity contribution in [3.63, 3.8) is 0 Å². The number of esters is 3. The molecule has 1 aromatic carbocycles. The predicted octanol–water partition coefficient (Wildman–Crippen LogP) is 4.33. The summed E-state index contributed by atoms with van der Waals surface area (Å²) in [4.78, 5) is 40.7. The van der Waals surface area contributed by atoms with Gasteiger partial charge in [-0.15, -0.1) is 16.4 Å². The molecular weight excluding hydrogens is 598 g/mol. The molecule has 4 rings (SSSR count). The summed E-state index contributed by atoms with van der Waals surface area (Å²) in [6, 6.07) is 1.69. The van der Waals surface area contributed by atoms with Crippen LogP contribution in [0.4, 0.5) is 4.39 Å². The van der Waals surface area contributed by atoms with Crippen LogP contribution in [-0.2, 0) is 33.3 Å². The quantitative estimate of drug-likeness (QED) is 0.203. The maximum Gasteiger partial charge on any atom is 0.303 e. The van der Waals surface area contributed by atoms with Gasteiger partial charge in [0.05, 0.1) is 21.8 Å². The molecule has 0 bridgehead atoms. The van der Waals surface area contributed by atoms with E-state index in [1.54, 1.807) is 17.1 Å². The fraction of sp³-hybridized carbons (Fsp3) is 0.391. The fourth-order valence-corrected chi connectivity index (χ4v) is 6.24. The first-order valence-electron chi connectivity index (χ1n) is 11.3. The van der Waals surface area contributed by atoms with Gasteiger partial charge in [-0.05, 0) is 12.1 Å². The van der Waals surface area contributed by atoms with Crippen LogP contribution in [0.3, 0.4) is 0 Å². The van der Waals surface area contributed by atoms with E-state index in [0.29, 0.717) is 16.3 Å². The van der Waals surface area contributed by atoms with Gasteiger partial charge in [0.1, 0.15) is 35.6 Å². The average Bonchev–Trinajstić information content (AvgIpc) is 3.55. The summed E-state index contributed by atoms with van der Waals surface area (Å²) >= 11 is 14.4. The zero-order chi connectivity index (χ0) is 28.3. The molecule has 0 radical (unpaired) electrons. The molecule has 0 amide bonds. The Labute approximate surface area is 239 Å². The number of carbonyl (C=O) groups excluding carboxylic acids is 3. The van der Waals surface area contributed by atoms with Crippen molar-refractivity contribution in [2.24, 2.45) is 0 Å². The molecule has 0 spiro atoms. The summed E-state index contributed by atoms with van der Waals surface area (Å²) in [7, 11) is 0. The highest BCUT2D eigenvalue weighted by atomic mass is 35.5. The molecule has 16 heteroatoms. The van der Waals surface area contributed by atoms with Gasteiger partial charge in [0.15, 0.2) is 18.0 Å². The summed E-state index contributed by atoms with van der Waals surface area (Å²) in [5.41, 5.74) is 1.61. The molecule has 3 heterocycles. The van der Waals surface area contributed by atoms with Crippen LogP contribution >= 0.6 is 46.3 Å².